The molecule has 3 nitrogen and oxygen atoms in total. The number of alkyl halides is 4. The standard InChI is InChI=1S/C13H12BrF3N2O/c1-8-9(7-14)12(19(2)18-8)20-11-6-4-3-5-10(11)13(15,16)17/h3-6H,7H2,1-2H3. The fourth-order valence-electron chi connectivity index (χ4n) is 1.86. The van der Waals surface area contributed by atoms with Crippen molar-refractivity contribution in [2.45, 2.75) is 18.4 Å². The molecule has 0 bridgehead atoms. The number of ether oxygens (including phenoxy) is 1. The average molecular weight is 349 g/mol. The van der Waals surface area contributed by atoms with Crippen LogP contribution in [-0.4, -0.2) is 9.78 Å². The van der Waals surface area contributed by atoms with Gasteiger partial charge in [-0.05, 0) is 19.1 Å². The Labute approximate surface area is 122 Å². The molecule has 0 radical (unpaired) electrons. The van der Waals surface area contributed by atoms with Crippen LogP contribution in [0.5, 0.6) is 11.6 Å². The van der Waals surface area contributed by atoms with Gasteiger partial charge in [-0.15, -0.1) is 0 Å². The molecule has 7 heteroatoms. The van der Waals surface area contributed by atoms with Gasteiger partial charge < -0.3 is 4.74 Å². The molecule has 1 aromatic heterocycles. The summed E-state index contributed by atoms with van der Waals surface area (Å²) in [5.74, 6) is 0.0706. The molecule has 108 valence electrons. The number of hydrogen-bond donors (Lipinski definition) is 0. The maximum atomic E-state index is 12.9. The third-order valence-electron chi connectivity index (χ3n) is 2.82. The molecule has 0 N–H and O–H groups in total. The Morgan fingerprint density at radius 2 is 1.95 bits per heavy atom. The number of aromatic nitrogens is 2. The molecule has 0 saturated heterocycles. The van der Waals surface area contributed by atoms with Crippen LogP contribution in [0.4, 0.5) is 13.2 Å². The number of nitrogens with zero attached hydrogens (tertiary/aromatic N) is 2. The molecule has 1 aromatic carbocycles. The van der Waals surface area contributed by atoms with Crippen molar-refractivity contribution < 1.29 is 17.9 Å². The summed E-state index contributed by atoms with van der Waals surface area (Å²) in [6.07, 6.45) is -4.46. The van der Waals surface area contributed by atoms with Crippen LogP contribution in [-0.2, 0) is 18.6 Å². The first-order chi connectivity index (χ1) is 9.34. The summed E-state index contributed by atoms with van der Waals surface area (Å²) in [5, 5.41) is 4.60. The molecular formula is C13H12BrF3N2O. The van der Waals surface area contributed by atoms with E-state index in [1.165, 1.54) is 22.9 Å². The second kappa shape index (κ2) is 5.47. The van der Waals surface area contributed by atoms with Gasteiger partial charge in [0.2, 0.25) is 5.88 Å². The second-order valence-electron chi connectivity index (χ2n) is 4.22. The van der Waals surface area contributed by atoms with E-state index in [0.717, 1.165) is 11.6 Å². The third-order valence-corrected chi connectivity index (χ3v) is 3.38. The van der Waals surface area contributed by atoms with E-state index >= 15 is 0 Å². The zero-order valence-corrected chi connectivity index (χ0v) is 12.4. The van der Waals surface area contributed by atoms with Crippen molar-refractivity contribution in [1.29, 1.82) is 0 Å². The normalized spacial score (nSPS) is 11.7. The lowest BCUT2D eigenvalue weighted by Gasteiger charge is -2.14. The molecule has 0 saturated carbocycles. The van der Waals surface area contributed by atoms with Gasteiger partial charge in [-0.1, -0.05) is 28.1 Å². The summed E-state index contributed by atoms with van der Waals surface area (Å²) in [6, 6.07) is 5.12. The number of halogens is 4. The van der Waals surface area contributed by atoms with Gasteiger partial charge in [0.1, 0.15) is 5.75 Å². The van der Waals surface area contributed by atoms with Crippen LogP contribution in [0.2, 0.25) is 0 Å². The van der Waals surface area contributed by atoms with Gasteiger partial charge in [-0.2, -0.15) is 18.3 Å². The Balaban J connectivity index is 2.46. The first-order valence-corrected chi connectivity index (χ1v) is 6.89. The molecule has 0 spiro atoms. The number of benzene rings is 1. The van der Waals surface area contributed by atoms with E-state index in [-0.39, 0.29) is 5.75 Å². The average Bonchev–Trinajstić information content (AvgIpc) is 2.63. The molecule has 0 aliphatic heterocycles. The van der Waals surface area contributed by atoms with Crippen molar-refractivity contribution in [2.24, 2.45) is 7.05 Å². The number of aryl methyl sites for hydroxylation is 2. The summed E-state index contributed by atoms with van der Waals surface area (Å²) >= 11 is 3.29. The highest BCUT2D eigenvalue weighted by atomic mass is 79.9. The van der Waals surface area contributed by atoms with Crippen molar-refractivity contribution in [3.63, 3.8) is 0 Å². The fourth-order valence-corrected chi connectivity index (χ4v) is 2.50. The molecule has 0 atom stereocenters. The lowest BCUT2D eigenvalue weighted by Crippen LogP contribution is -2.08. The van der Waals surface area contributed by atoms with E-state index in [9.17, 15) is 13.2 Å². The van der Waals surface area contributed by atoms with E-state index < -0.39 is 11.7 Å². The molecule has 2 aromatic rings. The van der Waals surface area contributed by atoms with Gasteiger partial charge in [-0.3, -0.25) is 0 Å². The van der Waals surface area contributed by atoms with Crippen molar-refractivity contribution in [2.75, 3.05) is 0 Å². The van der Waals surface area contributed by atoms with Crippen molar-refractivity contribution in [1.82, 2.24) is 9.78 Å². The zero-order chi connectivity index (χ0) is 14.9. The summed E-state index contributed by atoms with van der Waals surface area (Å²) in [6.45, 7) is 1.78. The highest BCUT2D eigenvalue weighted by Gasteiger charge is 2.34. The van der Waals surface area contributed by atoms with Gasteiger partial charge >= 0.3 is 6.18 Å². The molecule has 0 amide bonds. The Morgan fingerprint density at radius 1 is 1.30 bits per heavy atom. The molecule has 1 heterocycles. The highest BCUT2D eigenvalue weighted by molar-refractivity contribution is 9.08. The Kier molecular flexibility index (Phi) is 4.08. The number of hydrogen-bond acceptors (Lipinski definition) is 2. The first kappa shape index (κ1) is 14.9. The minimum atomic E-state index is -4.46. The monoisotopic (exact) mass is 348 g/mol. The van der Waals surface area contributed by atoms with Crippen LogP contribution in [0.25, 0.3) is 0 Å². The summed E-state index contributed by atoms with van der Waals surface area (Å²) in [5.41, 5.74) is 0.632. The van der Waals surface area contributed by atoms with Crippen LogP contribution < -0.4 is 4.74 Å². The van der Waals surface area contributed by atoms with Gasteiger partial charge in [0, 0.05) is 17.9 Å². The number of rotatable bonds is 3. The predicted octanol–water partition coefficient (Wildman–Crippen LogP) is 4.43. The van der Waals surface area contributed by atoms with Gasteiger partial charge in [-0.25, -0.2) is 4.68 Å². The Hall–Kier alpha value is -1.50. The van der Waals surface area contributed by atoms with Crippen LogP contribution in [0.3, 0.4) is 0 Å². The quantitative estimate of drug-likeness (QED) is 0.767. The van der Waals surface area contributed by atoms with Gasteiger partial charge in [0.05, 0.1) is 11.3 Å². The van der Waals surface area contributed by atoms with Crippen LogP contribution in [0, 0.1) is 6.92 Å². The number of para-hydroxylation sites is 1. The third kappa shape index (κ3) is 2.82. The Morgan fingerprint density at radius 3 is 2.55 bits per heavy atom. The van der Waals surface area contributed by atoms with Gasteiger partial charge in [0.15, 0.2) is 0 Å². The highest BCUT2D eigenvalue weighted by Crippen LogP contribution is 2.39. The fraction of sp³-hybridized carbons (Fsp3) is 0.308. The minimum Gasteiger partial charge on any atom is -0.438 e. The SMILES string of the molecule is Cc1nn(C)c(Oc2ccccc2C(F)(F)F)c1CBr. The van der Waals surface area contributed by atoms with Crippen molar-refractivity contribution >= 4 is 15.9 Å². The minimum absolute atomic E-state index is 0.231. The van der Waals surface area contributed by atoms with Crippen LogP contribution in [0.15, 0.2) is 24.3 Å². The summed E-state index contributed by atoms with van der Waals surface area (Å²) in [7, 11) is 1.63. The van der Waals surface area contributed by atoms with Crippen LogP contribution >= 0.6 is 15.9 Å². The van der Waals surface area contributed by atoms with E-state index in [1.54, 1.807) is 14.0 Å². The molecule has 0 aliphatic carbocycles. The maximum absolute atomic E-state index is 12.9. The van der Waals surface area contributed by atoms with E-state index in [0.29, 0.717) is 16.9 Å². The van der Waals surface area contributed by atoms with Gasteiger partial charge in [0.25, 0.3) is 0 Å². The predicted molar refractivity (Wildman–Crippen MR) is 72.1 cm³/mol. The van der Waals surface area contributed by atoms with Crippen LogP contribution in [0.1, 0.15) is 16.8 Å². The first-order valence-electron chi connectivity index (χ1n) is 5.77. The summed E-state index contributed by atoms with van der Waals surface area (Å²) < 4.78 is 45.7. The topological polar surface area (TPSA) is 27.1 Å². The maximum Gasteiger partial charge on any atom is 0.419 e. The van der Waals surface area contributed by atoms with E-state index in [4.69, 9.17) is 4.74 Å². The van der Waals surface area contributed by atoms with E-state index in [1.807, 2.05) is 0 Å². The summed E-state index contributed by atoms with van der Waals surface area (Å²) in [4.78, 5) is 0. The molecule has 20 heavy (non-hydrogen) atoms. The molecule has 2 rings (SSSR count). The molecule has 0 fully saturated rings. The largest absolute Gasteiger partial charge is 0.438 e. The smallest absolute Gasteiger partial charge is 0.419 e. The van der Waals surface area contributed by atoms with Crippen molar-refractivity contribution in [3.05, 3.63) is 41.1 Å². The second-order valence-corrected chi connectivity index (χ2v) is 4.78. The molecule has 0 unspecified atom stereocenters. The van der Waals surface area contributed by atoms with Crippen molar-refractivity contribution in [3.8, 4) is 11.6 Å². The lowest BCUT2D eigenvalue weighted by atomic mass is 10.2. The van der Waals surface area contributed by atoms with E-state index in [2.05, 4.69) is 21.0 Å². The lowest BCUT2D eigenvalue weighted by molar-refractivity contribution is -0.138. The Bertz CT molecular complexity index is 623. The zero-order valence-electron chi connectivity index (χ0n) is 10.8. The molecular weight excluding hydrogens is 337 g/mol. The molecule has 0 aliphatic rings.